The molecule has 1 aromatic heterocycles. The van der Waals surface area contributed by atoms with E-state index in [0.29, 0.717) is 17.2 Å². The summed E-state index contributed by atoms with van der Waals surface area (Å²) in [5, 5.41) is 13.0. The highest BCUT2D eigenvalue weighted by Gasteiger charge is 2.37. The van der Waals surface area contributed by atoms with Gasteiger partial charge < -0.3 is 10.4 Å². The number of carbonyl (C=O) groups is 2. The number of nitrogens with zero attached hydrogens (tertiary/aromatic N) is 2. The van der Waals surface area contributed by atoms with Crippen LogP contribution in [0, 0.1) is 0 Å². The maximum atomic E-state index is 13.9. The van der Waals surface area contributed by atoms with Crippen molar-refractivity contribution < 1.29 is 14.7 Å². The first-order valence-corrected chi connectivity index (χ1v) is 13.1. The standard InChI is InChI=1S/C26H27Cl2N3O3S/c1-15(2)16-7-11-19(12-8-16)31(26(34)22-21(27)24(28)35-30-22)23(17-9-13-20(32)14-10-17)25(33)29-18-5-3-4-6-18/h7-15,18,23,32H,3-6H2,1-2H3,(H,29,33)/t23-/m0/s1. The lowest BCUT2D eigenvalue weighted by molar-refractivity contribution is -0.123. The van der Waals surface area contributed by atoms with E-state index in [2.05, 4.69) is 23.5 Å². The number of nitrogens with one attached hydrogen (secondary N) is 1. The highest BCUT2D eigenvalue weighted by molar-refractivity contribution is 7.11. The number of phenolic OH excluding ortho intramolecular Hbond substituents is 1. The molecule has 2 aromatic carbocycles. The second-order valence-corrected chi connectivity index (χ2v) is 10.8. The third-order valence-corrected chi connectivity index (χ3v) is 7.88. The van der Waals surface area contributed by atoms with Crippen LogP contribution in [0.15, 0.2) is 48.5 Å². The molecule has 2 amide bonds. The molecule has 1 saturated carbocycles. The monoisotopic (exact) mass is 531 g/mol. The van der Waals surface area contributed by atoms with E-state index in [1.807, 2.05) is 24.3 Å². The molecule has 0 bridgehead atoms. The third kappa shape index (κ3) is 5.63. The molecule has 0 unspecified atom stereocenters. The van der Waals surface area contributed by atoms with Crippen molar-refractivity contribution in [2.24, 2.45) is 0 Å². The zero-order chi connectivity index (χ0) is 25.1. The number of anilines is 1. The summed E-state index contributed by atoms with van der Waals surface area (Å²) in [7, 11) is 0. The van der Waals surface area contributed by atoms with Gasteiger partial charge in [0.25, 0.3) is 5.91 Å². The Bertz CT molecular complexity index is 1190. The molecule has 184 valence electrons. The number of benzene rings is 2. The second kappa shape index (κ2) is 11.0. The van der Waals surface area contributed by atoms with Crippen LogP contribution in [-0.2, 0) is 4.79 Å². The lowest BCUT2D eigenvalue weighted by Crippen LogP contribution is -2.46. The minimum absolute atomic E-state index is 0.00736. The van der Waals surface area contributed by atoms with E-state index >= 15 is 0 Å². The molecule has 1 aliphatic carbocycles. The summed E-state index contributed by atoms with van der Waals surface area (Å²) < 4.78 is 4.39. The van der Waals surface area contributed by atoms with Crippen molar-refractivity contribution in [3.63, 3.8) is 0 Å². The summed E-state index contributed by atoms with van der Waals surface area (Å²) in [6, 6.07) is 12.9. The van der Waals surface area contributed by atoms with Crippen LogP contribution in [0.4, 0.5) is 5.69 Å². The Morgan fingerprint density at radius 2 is 1.63 bits per heavy atom. The van der Waals surface area contributed by atoms with Crippen LogP contribution in [-0.4, -0.2) is 27.3 Å². The maximum absolute atomic E-state index is 13.9. The predicted octanol–water partition coefficient (Wildman–Crippen LogP) is 6.73. The molecule has 35 heavy (non-hydrogen) atoms. The zero-order valence-corrected chi connectivity index (χ0v) is 21.8. The highest BCUT2D eigenvalue weighted by Crippen LogP contribution is 2.36. The van der Waals surface area contributed by atoms with E-state index in [0.717, 1.165) is 42.8 Å². The maximum Gasteiger partial charge on any atom is 0.280 e. The average Bonchev–Trinajstić information content (AvgIpc) is 3.47. The average molecular weight is 532 g/mol. The molecule has 6 nitrogen and oxygen atoms in total. The summed E-state index contributed by atoms with van der Waals surface area (Å²) >= 11 is 13.4. The van der Waals surface area contributed by atoms with E-state index in [9.17, 15) is 14.7 Å². The first kappa shape index (κ1) is 25.5. The smallest absolute Gasteiger partial charge is 0.280 e. The SMILES string of the molecule is CC(C)c1ccc(N(C(=O)c2nsc(Cl)c2Cl)[C@H](C(=O)NC2CCCC2)c2ccc(O)cc2)cc1. The molecule has 1 fully saturated rings. The summed E-state index contributed by atoms with van der Waals surface area (Å²) in [5.74, 6) is -0.466. The van der Waals surface area contributed by atoms with Gasteiger partial charge in [0.1, 0.15) is 21.2 Å². The molecule has 1 atom stereocenters. The van der Waals surface area contributed by atoms with Crippen molar-refractivity contribution in [1.82, 2.24) is 9.69 Å². The number of halogens is 2. The first-order valence-electron chi connectivity index (χ1n) is 11.6. The lowest BCUT2D eigenvalue weighted by Gasteiger charge is -2.32. The molecule has 2 N–H and O–H groups in total. The number of hydrogen-bond acceptors (Lipinski definition) is 5. The van der Waals surface area contributed by atoms with Crippen LogP contribution < -0.4 is 10.2 Å². The highest BCUT2D eigenvalue weighted by atomic mass is 35.5. The Balaban J connectivity index is 1.83. The Morgan fingerprint density at radius 1 is 1.03 bits per heavy atom. The van der Waals surface area contributed by atoms with Crippen molar-refractivity contribution in [2.75, 3.05) is 4.90 Å². The molecule has 1 heterocycles. The Labute approximate surface area is 219 Å². The molecular weight excluding hydrogens is 505 g/mol. The van der Waals surface area contributed by atoms with Gasteiger partial charge in [0.2, 0.25) is 5.91 Å². The number of phenols is 1. The fraction of sp³-hybridized carbons (Fsp3) is 0.346. The molecular formula is C26H27Cl2N3O3S. The van der Waals surface area contributed by atoms with Gasteiger partial charge in [0, 0.05) is 11.7 Å². The van der Waals surface area contributed by atoms with Crippen LogP contribution >= 0.6 is 34.7 Å². The molecule has 4 rings (SSSR count). The predicted molar refractivity (Wildman–Crippen MR) is 141 cm³/mol. The number of rotatable bonds is 7. The largest absolute Gasteiger partial charge is 0.508 e. The molecule has 9 heteroatoms. The minimum atomic E-state index is -1.01. The summed E-state index contributed by atoms with van der Waals surface area (Å²) in [6.07, 6.45) is 3.92. The van der Waals surface area contributed by atoms with Crippen molar-refractivity contribution in [1.29, 1.82) is 0 Å². The Hall–Kier alpha value is -2.61. The fourth-order valence-electron chi connectivity index (χ4n) is 4.33. The second-order valence-electron chi connectivity index (χ2n) is 9.02. The number of amides is 2. The van der Waals surface area contributed by atoms with Crippen molar-refractivity contribution >= 4 is 52.2 Å². The van der Waals surface area contributed by atoms with Gasteiger partial charge in [-0.25, -0.2) is 0 Å². The summed E-state index contributed by atoms with van der Waals surface area (Å²) in [4.78, 5) is 29.1. The molecule has 1 aliphatic rings. The fourth-order valence-corrected chi connectivity index (χ4v) is 5.32. The van der Waals surface area contributed by atoms with E-state index < -0.39 is 11.9 Å². The topological polar surface area (TPSA) is 82.5 Å². The molecule has 3 aromatic rings. The van der Waals surface area contributed by atoms with Crippen molar-refractivity contribution in [3.8, 4) is 5.75 Å². The summed E-state index contributed by atoms with van der Waals surface area (Å²) in [6.45, 7) is 4.17. The Kier molecular flexibility index (Phi) is 7.99. The zero-order valence-electron chi connectivity index (χ0n) is 19.5. The van der Waals surface area contributed by atoms with Crippen LogP contribution in [0.2, 0.25) is 9.36 Å². The van der Waals surface area contributed by atoms with E-state index in [4.69, 9.17) is 23.2 Å². The van der Waals surface area contributed by atoms with Crippen LogP contribution in [0.25, 0.3) is 0 Å². The van der Waals surface area contributed by atoms with Crippen LogP contribution in [0.1, 0.15) is 73.1 Å². The van der Waals surface area contributed by atoms with Gasteiger partial charge in [0.05, 0.1) is 0 Å². The lowest BCUT2D eigenvalue weighted by atomic mass is 9.99. The number of carbonyl (C=O) groups excluding carboxylic acids is 2. The molecule has 0 spiro atoms. The van der Waals surface area contributed by atoms with E-state index in [1.165, 1.54) is 17.0 Å². The van der Waals surface area contributed by atoms with E-state index in [-0.39, 0.29) is 32.8 Å². The van der Waals surface area contributed by atoms with Crippen LogP contribution in [0.3, 0.4) is 0 Å². The quantitative estimate of drug-likeness (QED) is 0.354. The normalized spacial score (nSPS) is 14.8. The Morgan fingerprint density at radius 3 is 2.17 bits per heavy atom. The minimum Gasteiger partial charge on any atom is -0.508 e. The third-order valence-electron chi connectivity index (χ3n) is 6.27. The van der Waals surface area contributed by atoms with Gasteiger partial charge in [0.15, 0.2) is 5.69 Å². The van der Waals surface area contributed by atoms with Crippen molar-refractivity contribution in [3.05, 3.63) is 74.7 Å². The van der Waals surface area contributed by atoms with E-state index in [1.54, 1.807) is 12.1 Å². The first-order chi connectivity index (χ1) is 16.8. The molecule has 0 radical (unpaired) electrons. The summed E-state index contributed by atoms with van der Waals surface area (Å²) in [5.41, 5.74) is 2.18. The number of aromatic hydroxyl groups is 1. The number of aromatic nitrogens is 1. The van der Waals surface area contributed by atoms with Crippen LogP contribution in [0.5, 0.6) is 5.75 Å². The van der Waals surface area contributed by atoms with Crippen molar-refractivity contribution in [2.45, 2.75) is 57.5 Å². The van der Waals surface area contributed by atoms with Gasteiger partial charge in [-0.3, -0.25) is 14.5 Å². The van der Waals surface area contributed by atoms with Gasteiger partial charge in [-0.2, -0.15) is 4.37 Å². The van der Waals surface area contributed by atoms with Gasteiger partial charge in [-0.15, -0.1) is 0 Å². The van der Waals surface area contributed by atoms with Gasteiger partial charge in [-0.1, -0.05) is 74.2 Å². The molecule has 0 aliphatic heterocycles. The van der Waals surface area contributed by atoms with Gasteiger partial charge in [-0.05, 0) is 65.7 Å². The van der Waals surface area contributed by atoms with Gasteiger partial charge >= 0.3 is 0 Å². The molecule has 0 saturated heterocycles. The number of hydrogen-bond donors (Lipinski definition) is 2.